The maximum atomic E-state index is 11.1. The topological polar surface area (TPSA) is 26.3 Å². The van der Waals surface area contributed by atoms with Crippen LogP contribution in [0.5, 0.6) is 0 Å². The van der Waals surface area contributed by atoms with Gasteiger partial charge in [-0.2, -0.15) is 11.1 Å². The van der Waals surface area contributed by atoms with Crippen LogP contribution in [0.15, 0.2) is 12.2 Å². The van der Waals surface area contributed by atoms with Crippen molar-refractivity contribution in [2.24, 2.45) is 0 Å². The molecule has 0 unspecified atom stereocenters. The fraction of sp³-hybridized carbons (Fsp3) is 0.769. The number of carbonyl (C=O) groups is 1. The van der Waals surface area contributed by atoms with Crippen molar-refractivity contribution in [2.45, 2.75) is 58.2 Å². The van der Waals surface area contributed by atoms with Crippen LogP contribution in [0.2, 0.25) is 19.1 Å². The second-order valence-electron chi connectivity index (χ2n) is 5.15. The first kappa shape index (κ1) is 16.7. The Hall–Kier alpha value is -0.283. The lowest BCUT2D eigenvalue weighted by Crippen LogP contribution is -2.14. The van der Waals surface area contributed by atoms with Crippen LogP contribution in [0.25, 0.3) is 0 Å². The van der Waals surface area contributed by atoms with E-state index < -0.39 is 7.38 Å². The summed E-state index contributed by atoms with van der Waals surface area (Å²) in [7, 11) is -1.37. The third kappa shape index (κ3) is 12.0. The second-order valence-corrected chi connectivity index (χ2v) is 12.2. The van der Waals surface area contributed by atoms with Gasteiger partial charge >= 0.3 is 5.97 Å². The van der Waals surface area contributed by atoms with E-state index in [9.17, 15) is 4.79 Å². The highest BCUT2D eigenvalue weighted by Gasteiger charge is 2.15. The minimum atomic E-state index is -1.37. The van der Waals surface area contributed by atoms with Gasteiger partial charge in [0.2, 0.25) is 0 Å². The molecule has 0 aliphatic heterocycles. The first-order valence-electron chi connectivity index (χ1n) is 6.34. The monoisotopic (exact) mass is 276 g/mol. The van der Waals surface area contributed by atoms with Gasteiger partial charge in [0.15, 0.2) is 0 Å². The zero-order valence-electron chi connectivity index (χ0n) is 11.4. The number of rotatable bonds is 9. The molecule has 0 aromatic rings. The highest BCUT2D eigenvalue weighted by Crippen LogP contribution is 2.18. The quantitative estimate of drug-likeness (QED) is 0.204. The molecule has 4 heteroatoms. The largest absolute Gasteiger partial charge is 0.462 e. The predicted octanol–water partition coefficient (Wildman–Crippen LogP) is 4.50. The van der Waals surface area contributed by atoms with Gasteiger partial charge in [-0.3, -0.25) is 0 Å². The number of esters is 1. The smallest absolute Gasteiger partial charge is 0.333 e. The van der Waals surface area contributed by atoms with Crippen molar-refractivity contribution in [3.63, 3.8) is 0 Å². The standard InChI is InChI=1S/C13H25ClO2Si/c1-12(2)13(15)16-10-8-6-5-7-9-11-17(3,4)14/h1,5-11H2,2-4H3. The molecule has 0 fully saturated rings. The van der Waals surface area contributed by atoms with Crippen LogP contribution in [-0.2, 0) is 9.53 Å². The minimum absolute atomic E-state index is 0.278. The average molecular weight is 277 g/mol. The summed E-state index contributed by atoms with van der Waals surface area (Å²) in [4.78, 5) is 11.1. The Labute approximate surface area is 111 Å². The molecule has 0 radical (unpaired) electrons. The van der Waals surface area contributed by atoms with Gasteiger partial charge in [-0.1, -0.05) is 45.4 Å². The highest BCUT2D eigenvalue weighted by atomic mass is 35.6. The van der Waals surface area contributed by atoms with E-state index in [1.54, 1.807) is 6.92 Å². The first-order valence-corrected chi connectivity index (χ1v) is 10.6. The van der Waals surface area contributed by atoms with Crippen molar-refractivity contribution >= 4 is 24.4 Å². The van der Waals surface area contributed by atoms with E-state index in [-0.39, 0.29) is 5.97 Å². The maximum Gasteiger partial charge on any atom is 0.333 e. The molecule has 100 valence electrons. The first-order chi connectivity index (χ1) is 7.83. The molecule has 0 heterocycles. The lowest BCUT2D eigenvalue weighted by Gasteiger charge is -2.11. The van der Waals surface area contributed by atoms with E-state index in [1.165, 1.54) is 25.3 Å². The molecule has 0 rings (SSSR count). The Morgan fingerprint density at radius 3 is 2.24 bits per heavy atom. The molecule has 0 saturated carbocycles. The van der Waals surface area contributed by atoms with Crippen molar-refractivity contribution < 1.29 is 9.53 Å². The number of unbranched alkanes of at least 4 members (excludes halogenated alkanes) is 4. The minimum Gasteiger partial charge on any atom is -0.462 e. The Morgan fingerprint density at radius 2 is 1.71 bits per heavy atom. The predicted molar refractivity (Wildman–Crippen MR) is 77.0 cm³/mol. The Balaban J connectivity index is 3.25. The summed E-state index contributed by atoms with van der Waals surface area (Å²) in [5, 5.41) is 0. The lowest BCUT2D eigenvalue weighted by molar-refractivity contribution is -0.139. The van der Waals surface area contributed by atoms with Crippen LogP contribution in [0.4, 0.5) is 0 Å². The fourth-order valence-electron chi connectivity index (χ4n) is 1.47. The van der Waals surface area contributed by atoms with Crippen LogP contribution in [0.3, 0.4) is 0 Å². The van der Waals surface area contributed by atoms with Gasteiger partial charge < -0.3 is 4.74 Å². The zero-order chi connectivity index (χ0) is 13.3. The molecule has 0 aromatic carbocycles. The lowest BCUT2D eigenvalue weighted by atomic mass is 10.2. The van der Waals surface area contributed by atoms with Crippen molar-refractivity contribution in [1.29, 1.82) is 0 Å². The van der Waals surface area contributed by atoms with Gasteiger partial charge in [0.25, 0.3) is 0 Å². The zero-order valence-corrected chi connectivity index (χ0v) is 13.1. The summed E-state index contributed by atoms with van der Waals surface area (Å²) in [6.07, 6.45) is 5.73. The Morgan fingerprint density at radius 1 is 1.18 bits per heavy atom. The van der Waals surface area contributed by atoms with Crippen molar-refractivity contribution in [1.82, 2.24) is 0 Å². The molecule has 0 saturated heterocycles. The van der Waals surface area contributed by atoms with E-state index in [0.29, 0.717) is 12.2 Å². The third-order valence-corrected chi connectivity index (χ3v) is 4.61. The molecular formula is C13H25ClO2Si. The maximum absolute atomic E-state index is 11.1. The average Bonchev–Trinajstić information content (AvgIpc) is 2.19. The summed E-state index contributed by atoms with van der Waals surface area (Å²) < 4.78 is 5.01. The molecule has 0 aromatic heterocycles. The summed E-state index contributed by atoms with van der Waals surface area (Å²) in [5.41, 5.74) is 0.472. The van der Waals surface area contributed by atoms with E-state index >= 15 is 0 Å². The van der Waals surface area contributed by atoms with Gasteiger partial charge in [-0.15, -0.1) is 0 Å². The molecule has 0 atom stereocenters. The van der Waals surface area contributed by atoms with Crippen molar-refractivity contribution in [3.05, 3.63) is 12.2 Å². The van der Waals surface area contributed by atoms with Gasteiger partial charge in [0.05, 0.1) is 6.61 Å². The van der Waals surface area contributed by atoms with Crippen LogP contribution >= 0.6 is 11.1 Å². The number of carbonyl (C=O) groups excluding carboxylic acids is 1. The molecule has 0 aliphatic carbocycles. The van der Waals surface area contributed by atoms with Crippen molar-refractivity contribution in [3.8, 4) is 0 Å². The van der Waals surface area contributed by atoms with Gasteiger partial charge in [-0.05, 0) is 19.4 Å². The number of ether oxygens (including phenoxy) is 1. The third-order valence-electron chi connectivity index (χ3n) is 2.50. The molecule has 0 amide bonds. The van der Waals surface area contributed by atoms with Gasteiger partial charge in [0, 0.05) is 5.57 Å². The van der Waals surface area contributed by atoms with Crippen molar-refractivity contribution in [2.75, 3.05) is 6.61 Å². The number of hydrogen-bond donors (Lipinski definition) is 0. The molecule has 0 bridgehead atoms. The van der Waals surface area contributed by atoms with Gasteiger partial charge in [-0.25, -0.2) is 4.79 Å². The molecular weight excluding hydrogens is 252 g/mol. The molecule has 0 aliphatic rings. The summed E-state index contributed by atoms with van der Waals surface area (Å²) in [6, 6.07) is 1.19. The Kier molecular flexibility index (Phi) is 8.61. The van der Waals surface area contributed by atoms with Gasteiger partial charge in [0.1, 0.15) is 7.38 Å². The fourth-order valence-corrected chi connectivity index (χ4v) is 2.96. The van der Waals surface area contributed by atoms with Crippen LogP contribution in [0.1, 0.15) is 39.0 Å². The SMILES string of the molecule is C=C(C)C(=O)OCCCCCCC[Si](C)(C)Cl. The summed E-state index contributed by atoms with van der Waals surface area (Å²) in [6.45, 7) is 10.1. The summed E-state index contributed by atoms with van der Waals surface area (Å²) in [5.74, 6) is -0.278. The summed E-state index contributed by atoms with van der Waals surface area (Å²) >= 11 is 6.23. The van der Waals surface area contributed by atoms with E-state index in [4.69, 9.17) is 15.8 Å². The molecule has 0 spiro atoms. The number of hydrogen-bond acceptors (Lipinski definition) is 2. The number of halogens is 1. The molecule has 17 heavy (non-hydrogen) atoms. The van der Waals surface area contributed by atoms with E-state index in [0.717, 1.165) is 12.8 Å². The van der Waals surface area contributed by atoms with Crippen LogP contribution < -0.4 is 0 Å². The van der Waals surface area contributed by atoms with Crippen LogP contribution in [-0.4, -0.2) is 20.0 Å². The molecule has 0 N–H and O–H groups in total. The van der Waals surface area contributed by atoms with Crippen LogP contribution in [0, 0.1) is 0 Å². The van der Waals surface area contributed by atoms with E-state index in [2.05, 4.69) is 19.7 Å². The second kappa shape index (κ2) is 8.76. The normalized spacial score (nSPS) is 11.3. The van der Waals surface area contributed by atoms with E-state index in [1.807, 2.05) is 0 Å². The Bertz CT molecular complexity index is 246. The molecule has 2 nitrogen and oxygen atoms in total. The highest BCUT2D eigenvalue weighted by molar-refractivity contribution is 7.19.